The van der Waals surface area contributed by atoms with Crippen LogP contribution in [0.1, 0.15) is 17.8 Å². The van der Waals surface area contributed by atoms with Gasteiger partial charge in [0.05, 0.1) is 23.1 Å². The summed E-state index contributed by atoms with van der Waals surface area (Å²) in [6, 6.07) is 1.97. The maximum atomic E-state index is 12.7. The summed E-state index contributed by atoms with van der Waals surface area (Å²) in [5.74, 6) is -1.68. The van der Waals surface area contributed by atoms with Crippen molar-refractivity contribution in [2.75, 3.05) is 0 Å². The standard InChI is InChI=1S/C9H4F5N3O3/c10-8(11)6-7(20-9(12,13)14)5(17(18)19)3-4(16-6)1-2-15/h3,8H,1H2. The van der Waals surface area contributed by atoms with Crippen LogP contribution in [0.5, 0.6) is 5.75 Å². The van der Waals surface area contributed by atoms with E-state index in [-0.39, 0.29) is 0 Å². The number of hydrogen-bond donors (Lipinski definition) is 0. The minimum Gasteiger partial charge on any atom is -0.396 e. The number of nitro groups is 1. The molecule has 1 aromatic heterocycles. The molecule has 0 bridgehead atoms. The highest BCUT2D eigenvalue weighted by Gasteiger charge is 2.38. The lowest BCUT2D eigenvalue weighted by Gasteiger charge is -2.13. The average molecular weight is 297 g/mol. The number of alkyl halides is 5. The molecule has 0 saturated carbocycles. The lowest BCUT2D eigenvalue weighted by atomic mass is 10.2. The molecule has 20 heavy (non-hydrogen) atoms. The van der Waals surface area contributed by atoms with E-state index in [9.17, 15) is 32.1 Å². The Labute approximate surface area is 107 Å². The van der Waals surface area contributed by atoms with Gasteiger partial charge in [0.1, 0.15) is 0 Å². The Morgan fingerprint density at radius 2 is 2.10 bits per heavy atom. The van der Waals surface area contributed by atoms with Gasteiger partial charge in [-0.15, -0.1) is 13.2 Å². The smallest absolute Gasteiger partial charge is 0.396 e. The second-order valence-electron chi connectivity index (χ2n) is 3.29. The summed E-state index contributed by atoms with van der Waals surface area (Å²) >= 11 is 0. The van der Waals surface area contributed by atoms with Crippen molar-refractivity contribution in [1.29, 1.82) is 5.26 Å². The number of rotatable bonds is 4. The van der Waals surface area contributed by atoms with Gasteiger partial charge in [-0.25, -0.2) is 13.8 Å². The van der Waals surface area contributed by atoms with Gasteiger partial charge in [-0.05, 0) is 0 Å². The normalized spacial score (nSPS) is 11.2. The molecule has 0 aliphatic rings. The summed E-state index contributed by atoms with van der Waals surface area (Å²) in [4.78, 5) is 12.4. The zero-order valence-corrected chi connectivity index (χ0v) is 9.32. The third-order valence-corrected chi connectivity index (χ3v) is 1.91. The fraction of sp³-hybridized carbons (Fsp3) is 0.333. The summed E-state index contributed by atoms with van der Waals surface area (Å²) in [6.07, 6.45) is -9.51. The maximum absolute atomic E-state index is 12.7. The van der Waals surface area contributed by atoms with Crippen LogP contribution in [-0.4, -0.2) is 16.3 Å². The molecule has 0 amide bonds. The SMILES string of the molecule is N#CCc1cc([N+](=O)[O-])c(OC(F)(F)F)c(C(F)F)n1. The summed E-state index contributed by atoms with van der Waals surface area (Å²) in [5, 5.41) is 19.0. The predicted molar refractivity (Wildman–Crippen MR) is 51.8 cm³/mol. The molecule has 0 spiro atoms. The van der Waals surface area contributed by atoms with E-state index < -0.39 is 47.0 Å². The van der Waals surface area contributed by atoms with Gasteiger partial charge in [-0.2, -0.15) is 5.26 Å². The van der Waals surface area contributed by atoms with Crippen molar-refractivity contribution in [3.63, 3.8) is 0 Å². The van der Waals surface area contributed by atoms with E-state index in [1.807, 2.05) is 0 Å². The van der Waals surface area contributed by atoms with E-state index in [1.165, 1.54) is 6.07 Å². The summed E-state index contributed by atoms with van der Waals surface area (Å²) in [6.45, 7) is 0. The first kappa shape index (κ1) is 15.5. The average Bonchev–Trinajstić information content (AvgIpc) is 2.28. The third-order valence-electron chi connectivity index (χ3n) is 1.91. The summed E-state index contributed by atoms with van der Waals surface area (Å²) in [7, 11) is 0. The first-order valence-corrected chi connectivity index (χ1v) is 4.74. The molecule has 6 nitrogen and oxygen atoms in total. The Hall–Kier alpha value is -2.51. The Bertz CT molecular complexity index is 567. The van der Waals surface area contributed by atoms with Gasteiger partial charge >= 0.3 is 12.0 Å². The van der Waals surface area contributed by atoms with Gasteiger partial charge < -0.3 is 4.74 Å². The van der Waals surface area contributed by atoms with Crippen molar-refractivity contribution in [3.05, 3.63) is 27.6 Å². The molecule has 0 fully saturated rings. The second kappa shape index (κ2) is 5.64. The van der Waals surface area contributed by atoms with Crippen molar-refractivity contribution in [2.45, 2.75) is 19.2 Å². The lowest BCUT2D eigenvalue weighted by molar-refractivity contribution is -0.389. The third kappa shape index (κ3) is 3.74. The highest BCUT2D eigenvalue weighted by molar-refractivity contribution is 5.51. The Morgan fingerprint density at radius 3 is 2.50 bits per heavy atom. The van der Waals surface area contributed by atoms with Gasteiger partial charge in [0.25, 0.3) is 6.43 Å². The minimum absolute atomic E-state index is 0.455. The molecule has 108 valence electrons. The van der Waals surface area contributed by atoms with Crippen molar-refractivity contribution < 1.29 is 31.6 Å². The Balaban J connectivity index is 3.51. The highest BCUT2D eigenvalue weighted by Crippen LogP contribution is 2.39. The van der Waals surface area contributed by atoms with Crippen LogP contribution in [0.15, 0.2) is 6.07 Å². The van der Waals surface area contributed by atoms with Crippen LogP contribution in [0, 0.1) is 21.4 Å². The van der Waals surface area contributed by atoms with Crippen LogP contribution >= 0.6 is 0 Å². The number of halogens is 5. The molecular formula is C9H4F5N3O3. The van der Waals surface area contributed by atoms with Crippen LogP contribution in [0.4, 0.5) is 27.6 Å². The highest BCUT2D eigenvalue weighted by atomic mass is 19.4. The molecule has 0 saturated heterocycles. The molecule has 0 aliphatic heterocycles. The molecule has 1 rings (SSSR count). The quantitative estimate of drug-likeness (QED) is 0.484. The zero-order chi connectivity index (χ0) is 15.5. The molecule has 0 atom stereocenters. The molecule has 0 unspecified atom stereocenters. The van der Waals surface area contributed by atoms with E-state index in [0.717, 1.165) is 0 Å². The topological polar surface area (TPSA) is 89.0 Å². The molecular weight excluding hydrogens is 293 g/mol. The number of nitrogens with zero attached hydrogens (tertiary/aromatic N) is 3. The fourth-order valence-corrected chi connectivity index (χ4v) is 1.27. The molecule has 11 heteroatoms. The van der Waals surface area contributed by atoms with Crippen LogP contribution in [0.3, 0.4) is 0 Å². The summed E-state index contributed by atoms with van der Waals surface area (Å²) in [5.41, 5.74) is -3.33. The monoisotopic (exact) mass is 297 g/mol. The first-order valence-electron chi connectivity index (χ1n) is 4.74. The molecule has 0 radical (unpaired) electrons. The van der Waals surface area contributed by atoms with E-state index in [0.29, 0.717) is 6.07 Å². The van der Waals surface area contributed by atoms with Crippen molar-refractivity contribution in [1.82, 2.24) is 4.98 Å². The minimum atomic E-state index is -5.40. The van der Waals surface area contributed by atoms with Gasteiger partial charge in [0.15, 0.2) is 5.69 Å². The van der Waals surface area contributed by atoms with E-state index in [2.05, 4.69) is 9.72 Å². The van der Waals surface area contributed by atoms with E-state index >= 15 is 0 Å². The molecule has 0 N–H and O–H groups in total. The predicted octanol–water partition coefficient (Wildman–Crippen LogP) is 2.89. The van der Waals surface area contributed by atoms with Crippen molar-refractivity contribution >= 4 is 5.69 Å². The first-order chi connectivity index (χ1) is 9.15. The Morgan fingerprint density at radius 1 is 1.50 bits per heavy atom. The second-order valence-corrected chi connectivity index (χ2v) is 3.29. The van der Waals surface area contributed by atoms with Crippen molar-refractivity contribution in [3.8, 4) is 11.8 Å². The van der Waals surface area contributed by atoms with Crippen LogP contribution in [0.25, 0.3) is 0 Å². The van der Waals surface area contributed by atoms with Crippen molar-refractivity contribution in [2.24, 2.45) is 0 Å². The zero-order valence-electron chi connectivity index (χ0n) is 9.32. The number of ether oxygens (including phenoxy) is 1. The van der Waals surface area contributed by atoms with E-state index in [4.69, 9.17) is 5.26 Å². The van der Waals surface area contributed by atoms with Gasteiger partial charge in [-0.1, -0.05) is 0 Å². The largest absolute Gasteiger partial charge is 0.573 e. The van der Waals surface area contributed by atoms with Crippen LogP contribution in [-0.2, 0) is 6.42 Å². The Kier molecular flexibility index (Phi) is 4.38. The van der Waals surface area contributed by atoms with Crippen LogP contribution < -0.4 is 4.74 Å². The molecule has 1 aromatic rings. The van der Waals surface area contributed by atoms with Gasteiger partial charge in [0, 0.05) is 6.07 Å². The molecule has 0 aromatic carbocycles. The molecule has 1 heterocycles. The number of aromatic nitrogens is 1. The number of pyridine rings is 1. The number of nitriles is 1. The maximum Gasteiger partial charge on any atom is 0.573 e. The number of hydrogen-bond acceptors (Lipinski definition) is 5. The van der Waals surface area contributed by atoms with E-state index in [1.54, 1.807) is 0 Å². The summed E-state index contributed by atoms with van der Waals surface area (Å²) < 4.78 is 64.9. The van der Waals surface area contributed by atoms with Gasteiger partial charge in [-0.3, -0.25) is 10.1 Å². The lowest BCUT2D eigenvalue weighted by Crippen LogP contribution is -2.20. The fourth-order valence-electron chi connectivity index (χ4n) is 1.27. The van der Waals surface area contributed by atoms with Crippen LogP contribution in [0.2, 0.25) is 0 Å². The van der Waals surface area contributed by atoms with Gasteiger partial charge in [0.2, 0.25) is 5.75 Å². The molecule has 0 aliphatic carbocycles.